The van der Waals surface area contributed by atoms with Gasteiger partial charge in [-0.15, -0.1) is 0 Å². The number of carbonyl (C=O) groups excluding carboxylic acids is 1. The zero-order valence-electron chi connectivity index (χ0n) is 9.74. The van der Waals surface area contributed by atoms with Gasteiger partial charge in [-0.05, 0) is 25.8 Å². The monoisotopic (exact) mass is 211 g/mol. The van der Waals surface area contributed by atoms with Gasteiger partial charge in [0.05, 0.1) is 6.61 Å². The van der Waals surface area contributed by atoms with Crippen LogP contribution in [0.25, 0.3) is 0 Å². The van der Waals surface area contributed by atoms with Crippen molar-refractivity contribution in [1.29, 1.82) is 0 Å². The van der Waals surface area contributed by atoms with E-state index in [1.54, 1.807) is 0 Å². The molecule has 0 bridgehead atoms. The predicted octanol–water partition coefficient (Wildman–Crippen LogP) is 1.46. The van der Waals surface area contributed by atoms with Crippen LogP contribution in [-0.4, -0.2) is 43.0 Å². The van der Waals surface area contributed by atoms with Crippen molar-refractivity contribution in [3.63, 3.8) is 0 Å². The molecule has 1 saturated heterocycles. The van der Waals surface area contributed by atoms with Gasteiger partial charge in [-0.3, -0.25) is 9.69 Å². The smallest absolute Gasteiger partial charge is 0.134 e. The van der Waals surface area contributed by atoms with E-state index in [4.69, 9.17) is 4.74 Å². The fourth-order valence-corrected chi connectivity index (χ4v) is 2.78. The third-order valence-corrected chi connectivity index (χ3v) is 3.98. The molecule has 0 aromatic rings. The molecule has 0 N–H and O–H groups in total. The number of hydrogen-bond donors (Lipinski definition) is 0. The predicted molar refractivity (Wildman–Crippen MR) is 58.8 cm³/mol. The Labute approximate surface area is 91.8 Å². The molecule has 3 unspecified atom stereocenters. The molecule has 3 nitrogen and oxygen atoms in total. The second-order valence-electron chi connectivity index (χ2n) is 5.01. The van der Waals surface area contributed by atoms with E-state index in [0.717, 1.165) is 38.9 Å². The molecular weight excluding hydrogens is 190 g/mol. The van der Waals surface area contributed by atoms with Crippen LogP contribution in [0.4, 0.5) is 0 Å². The Morgan fingerprint density at radius 3 is 2.87 bits per heavy atom. The van der Waals surface area contributed by atoms with Crippen molar-refractivity contribution >= 4 is 5.78 Å². The number of rotatable bonds is 2. The minimum Gasteiger partial charge on any atom is -0.380 e. The molecule has 1 aliphatic carbocycles. The first-order valence-corrected chi connectivity index (χ1v) is 6.00. The van der Waals surface area contributed by atoms with Gasteiger partial charge in [-0.2, -0.15) is 0 Å². The average Bonchev–Trinajstić information content (AvgIpc) is 2.74. The van der Waals surface area contributed by atoms with Gasteiger partial charge < -0.3 is 4.74 Å². The molecule has 0 radical (unpaired) electrons. The third-order valence-electron chi connectivity index (χ3n) is 3.98. The van der Waals surface area contributed by atoms with Crippen molar-refractivity contribution in [2.45, 2.75) is 44.7 Å². The summed E-state index contributed by atoms with van der Waals surface area (Å²) < 4.78 is 5.40. The van der Waals surface area contributed by atoms with E-state index >= 15 is 0 Å². The summed E-state index contributed by atoms with van der Waals surface area (Å²) in [5.74, 6) is 1.08. The summed E-state index contributed by atoms with van der Waals surface area (Å²) in [6.07, 6.45) is 3.70. The molecule has 0 aromatic carbocycles. The summed E-state index contributed by atoms with van der Waals surface area (Å²) in [6.45, 7) is 3.99. The lowest BCUT2D eigenvalue weighted by Crippen LogP contribution is -2.47. The lowest BCUT2D eigenvalue weighted by Gasteiger charge is -2.38. The molecule has 1 heterocycles. The van der Waals surface area contributed by atoms with Gasteiger partial charge in [-0.1, -0.05) is 6.92 Å². The summed E-state index contributed by atoms with van der Waals surface area (Å²) >= 11 is 0. The molecule has 3 atom stereocenters. The van der Waals surface area contributed by atoms with E-state index in [9.17, 15) is 4.79 Å². The van der Waals surface area contributed by atoms with Crippen molar-refractivity contribution < 1.29 is 9.53 Å². The van der Waals surface area contributed by atoms with Crippen LogP contribution in [-0.2, 0) is 9.53 Å². The molecule has 0 amide bonds. The van der Waals surface area contributed by atoms with Crippen LogP contribution in [0.3, 0.4) is 0 Å². The standard InChI is InChI=1S/C12H21NO2/c1-9-3-4-11(14)7-12(9)13(2)10-5-6-15-8-10/h9-10,12H,3-8H2,1-2H3. The van der Waals surface area contributed by atoms with Gasteiger partial charge in [0.25, 0.3) is 0 Å². The zero-order chi connectivity index (χ0) is 10.8. The third kappa shape index (κ3) is 2.40. The molecule has 1 aliphatic heterocycles. The maximum Gasteiger partial charge on any atom is 0.134 e. The second kappa shape index (κ2) is 4.62. The van der Waals surface area contributed by atoms with Gasteiger partial charge in [0, 0.05) is 31.5 Å². The number of hydrogen-bond acceptors (Lipinski definition) is 3. The molecule has 3 heteroatoms. The number of nitrogens with zero attached hydrogens (tertiary/aromatic N) is 1. The lowest BCUT2D eigenvalue weighted by molar-refractivity contribution is -0.123. The van der Waals surface area contributed by atoms with Crippen molar-refractivity contribution in [3.05, 3.63) is 0 Å². The first-order chi connectivity index (χ1) is 7.18. The van der Waals surface area contributed by atoms with E-state index < -0.39 is 0 Å². The van der Waals surface area contributed by atoms with Crippen molar-refractivity contribution in [2.75, 3.05) is 20.3 Å². The quantitative estimate of drug-likeness (QED) is 0.692. The highest BCUT2D eigenvalue weighted by Gasteiger charge is 2.33. The number of likely N-dealkylation sites (N-methyl/N-ethyl adjacent to an activating group) is 1. The number of ketones is 1. The van der Waals surface area contributed by atoms with Gasteiger partial charge in [0.15, 0.2) is 0 Å². The van der Waals surface area contributed by atoms with Crippen LogP contribution in [0.15, 0.2) is 0 Å². The Balaban J connectivity index is 1.97. The summed E-state index contributed by atoms with van der Waals surface area (Å²) in [6, 6.07) is 0.973. The maximum atomic E-state index is 11.5. The SMILES string of the molecule is CC1CCC(=O)CC1N(C)C1CCOC1. The van der Waals surface area contributed by atoms with Gasteiger partial charge in [0.1, 0.15) is 5.78 Å². The molecule has 0 spiro atoms. The van der Waals surface area contributed by atoms with Crippen molar-refractivity contribution in [2.24, 2.45) is 5.92 Å². The lowest BCUT2D eigenvalue weighted by atomic mass is 9.83. The number of ether oxygens (including phenoxy) is 1. The van der Waals surface area contributed by atoms with Crippen LogP contribution < -0.4 is 0 Å². The fraction of sp³-hybridized carbons (Fsp3) is 0.917. The Kier molecular flexibility index (Phi) is 3.42. The van der Waals surface area contributed by atoms with E-state index in [2.05, 4.69) is 18.9 Å². The van der Waals surface area contributed by atoms with Crippen molar-refractivity contribution in [3.8, 4) is 0 Å². The molecular formula is C12H21NO2. The van der Waals surface area contributed by atoms with E-state index in [-0.39, 0.29) is 0 Å². The molecule has 15 heavy (non-hydrogen) atoms. The Morgan fingerprint density at radius 1 is 1.40 bits per heavy atom. The summed E-state index contributed by atoms with van der Waals surface area (Å²) in [5.41, 5.74) is 0. The van der Waals surface area contributed by atoms with Crippen LogP contribution in [0.5, 0.6) is 0 Å². The van der Waals surface area contributed by atoms with Crippen LogP contribution >= 0.6 is 0 Å². The van der Waals surface area contributed by atoms with Crippen molar-refractivity contribution in [1.82, 2.24) is 4.90 Å². The topological polar surface area (TPSA) is 29.5 Å². The van der Waals surface area contributed by atoms with Gasteiger partial charge in [-0.25, -0.2) is 0 Å². The Bertz CT molecular complexity index is 236. The molecule has 1 saturated carbocycles. The second-order valence-corrected chi connectivity index (χ2v) is 5.01. The normalized spacial score (nSPS) is 37.5. The van der Waals surface area contributed by atoms with Gasteiger partial charge >= 0.3 is 0 Å². The molecule has 2 aliphatic rings. The molecule has 0 aromatic heterocycles. The first-order valence-electron chi connectivity index (χ1n) is 6.00. The van der Waals surface area contributed by atoms with E-state index in [1.807, 2.05) is 0 Å². The molecule has 2 fully saturated rings. The summed E-state index contributed by atoms with van der Waals surface area (Å²) in [5, 5.41) is 0. The number of carbonyl (C=O) groups is 1. The highest BCUT2D eigenvalue weighted by molar-refractivity contribution is 5.79. The molecule has 2 rings (SSSR count). The summed E-state index contributed by atoms with van der Waals surface area (Å²) in [4.78, 5) is 13.9. The van der Waals surface area contributed by atoms with Crippen LogP contribution in [0.1, 0.15) is 32.6 Å². The zero-order valence-corrected chi connectivity index (χ0v) is 9.74. The first kappa shape index (κ1) is 11.1. The van der Waals surface area contributed by atoms with Crippen LogP contribution in [0.2, 0.25) is 0 Å². The van der Waals surface area contributed by atoms with Gasteiger partial charge in [0.2, 0.25) is 0 Å². The van der Waals surface area contributed by atoms with E-state index in [0.29, 0.717) is 23.8 Å². The minimum atomic E-state index is 0.434. The number of Topliss-reactive ketones (excluding diaryl/α,β-unsaturated/α-hetero) is 1. The van der Waals surface area contributed by atoms with Crippen LogP contribution in [0, 0.1) is 5.92 Å². The minimum absolute atomic E-state index is 0.434. The highest BCUT2D eigenvalue weighted by Crippen LogP contribution is 2.28. The largest absolute Gasteiger partial charge is 0.380 e. The summed E-state index contributed by atoms with van der Waals surface area (Å²) in [7, 11) is 2.15. The highest BCUT2D eigenvalue weighted by atomic mass is 16.5. The Hall–Kier alpha value is -0.410. The Morgan fingerprint density at radius 2 is 2.20 bits per heavy atom. The maximum absolute atomic E-state index is 11.5. The molecule has 86 valence electrons. The van der Waals surface area contributed by atoms with E-state index in [1.165, 1.54) is 0 Å². The fourth-order valence-electron chi connectivity index (χ4n) is 2.78. The average molecular weight is 211 g/mol.